The highest BCUT2D eigenvalue weighted by Crippen LogP contribution is 2.17. The molecule has 0 unspecified atom stereocenters. The van der Waals surface area contributed by atoms with Crippen LogP contribution in [0.5, 0.6) is 5.75 Å². The molecule has 1 aromatic rings. The molecule has 13 heavy (non-hydrogen) atoms. The lowest BCUT2D eigenvalue weighted by molar-refractivity contribution is -0.129. The van der Waals surface area contributed by atoms with E-state index in [9.17, 15) is 9.18 Å². The summed E-state index contributed by atoms with van der Waals surface area (Å²) in [4.78, 5) is 10.9. The monoisotopic (exact) mass is 244 g/mol. The van der Waals surface area contributed by atoms with Gasteiger partial charge >= 0.3 is 5.97 Å². The van der Waals surface area contributed by atoms with Gasteiger partial charge in [0.15, 0.2) is 11.6 Å². The predicted molar refractivity (Wildman–Crippen MR) is 50.1 cm³/mol. The van der Waals surface area contributed by atoms with Crippen LogP contribution in [0, 0.1) is 5.82 Å². The lowest BCUT2D eigenvalue weighted by Crippen LogP contribution is -2.07. The standard InChI is InChI=1S/C9H6BrFO2/c1-6(10)9(12)13-8-5-3-2-4-7(8)11/h2-5H,1H2. The van der Waals surface area contributed by atoms with E-state index in [1.165, 1.54) is 18.2 Å². The van der Waals surface area contributed by atoms with Crippen LogP contribution in [0.15, 0.2) is 35.3 Å². The molecular weight excluding hydrogens is 239 g/mol. The molecule has 2 nitrogen and oxygen atoms in total. The van der Waals surface area contributed by atoms with Crippen LogP contribution in [0.3, 0.4) is 0 Å². The number of para-hydroxylation sites is 1. The average Bonchev–Trinajstić information content (AvgIpc) is 2.08. The minimum atomic E-state index is -0.704. The number of hydrogen-bond donors (Lipinski definition) is 0. The Kier molecular flexibility index (Phi) is 3.19. The number of benzene rings is 1. The highest BCUT2D eigenvalue weighted by atomic mass is 79.9. The number of ether oxygens (including phenoxy) is 1. The fraction of sp³-hybridized carbons (Fsp3) is 0. The summed E-state index contributed by atoms with van der Waals surface area (Å²) >= 11 is 2.83. The van der Waals surface area contributed by atoms with Gasteiger partial charge in [-0.25, -0.2) is 9.18 Å². The average molecular weight is 245 g/mol. The maximum absolute atomic E-state index is 12.9. The summed E-state index contributed by atoms with van der Waals surface area (Å²) in [5.41, 5.74) is 0. The minimum absolute atomic E-state index is 0.0516. The van der Waals surface area contributed by atoms with Crippen LogP contribution >= 0.6 is 15.9 Å². The number of esters is 1. The maximum Gasteiger partial charge on any atom is 0.350 e. The third kappa shape index (κ3) is 2.66. The molecule has 0 atom stereocenters. The molecule has 68 valence electrons. The van der Waals surface area contributed by atoms with Crippen LogP contribution in [-0.4, -0.2) is 5.97 Å². The van der Waals surface area contributed by atoms with E-state index in [1.54, 1.807) is 6.07 Å². The first-order chi connectivity index (χ1) is 6.11. The van der Waals surface area contributed by atoms with Gasteiger partial charge in [0.2, 0.25) is 0 Å². The fourth-order valence-corrected chi connectivity index (χ4v) is 0.764. The van der Waals surface area contributed by atoms with E-state index in [4.69, 9.17) is 0 Å². The van der Waals surface area contributed by atoms with Crippen LogP contribution in [0.4, 0.5) is 4.39 Å². The molecule has 1 rings (SSSR count). The summed E-state index contributed by atoms with van der Waals surface area (Å²) in [6, 6.07) is 5.65. The van der Waals surface area contributed by atoms with Gasteiger partial charge in [0, 0.05) is 0 Å². The lowest BCUT2D eigenvalue weighted by atomic mass is 10.3. The van der Waals surface area contributed by atoms with Gasteiger partial charge in [0.05, 0.1) is 4.48 Å². The number of rotatable bonds is 2. The van der Waals surface area contributed by atoms with E-state index < -0.39 is 11.8 Å². The quantitative estimate of drug-likeness (QED) is 0.454. The maximum atomic E-state index is 12.9. The molecular formula is C9H6BrFO2. The Morgan fingerprint density at radius 3 is 2.62 bits per heavy atom. The highest BCUT2D eigenvalue weighted by molar-refractivity contribution is 9.12. The number of carbonyl (C=O) groups is 1. The Labute approximate surface area is 83.1 Å². The van der Waals surface area contributed by atoms with E-state index in [2.05, 4.69) is 27.2 Å². The first kappa shape index (κ1) is 9.92. The third-order valence-corrected chi connectivity index (χ3v) is 1.58. The molecule has 0 bridgehead atoms. The second-order valence-electron chi connectivity index (χ2n) is 2.22. The summed E-state index contributed by atoms with van der Waals surface area (Å²) in [6.07, 6.45) is 0. The van der Waals surface area contributed by atoms with Gasteiger partial charge in [0.25, 0.3) is 0 Å². The third-order valence-electron chi connectivity index (χ3n) is 1.26. The van der Waals surface area contributed by atoms with Gasteiger partial charge in [-0.1, -0.05) is 18.7 Å². The second kappa shape index (κ2) is 4.18. The molecule has 1 aromatic carbocycles. The van der Waals surface area contributed by atoms with E-state index in [0.29, 0.717) is 0 Å². The van der Waals surface area contributed by atoms with Crippen molar-refractivity contribution in [2.24, 2.45) is 0 Å². The molecule has 0 aliphatic carbocycles. The first-order valence-electron chi connectivity index (χ1n) is 3.42. The summed E-state index contributed by atoms with van der Waals surface area (Å²) in [5.74, 6) is -1.39. The van der Waals surface area contributed by atoms with E-state index >= 15 is 0 Å². The molecule has 0 aromatic heterocycles. The van der Waals surface area contributed by atoms with Gasteiger partial charge in [0.1, 0.15) is 0 Å². The Bertz CT molecular complexity index is 349. The Hall–Kier alpha value is -1.16. The summed E-state index contributed by atoms with van der Waals surface area (Å²) < 4.78 is 17.6. The van der Waals surface area contributed by atoms with Crippen LogP contribution in [0.25, 0.3) is 0 Å². The zero-order chi connectivity index (χ0) is 9.84. The van der Waals surface area contributed by atoms with Crippen molar-refractivity contribution < 1.29 is 13.9 Å². The van der Waals surface area contributed by atoms with Crippen LogP contribution in [0.2, 0.25) is 0 Å². The first-order valence-corrected chi connectivity index (χ1v) is 4.21. The van der Waals surface area contributed by atoms with E-state index in [0.717, 1.165) is 0 Å². The smallest absolute Gasteiger partial charge is 0.350 e. The van der Waals surface area contributed by atoms with Crippen molar-refractivity contribution in [1.82, 2.24) is 0 Å². The van der Waals surface area contributed by atoms with Crippen molar-refractivity contribution in [3.05, 3.63) is 41.1 Å². The van der Waals surface area contributed by atoms with Crippen molar-refractivity contribution in [2.45, 2.75) is 0 Å². The summed E-state index contributed by atoms with van der Waals surface area (Å²) in [5, 5.41) is 0. The second-order valence-corrected chi connectivity index (χ2v) is 3.18. The molecule has 0 saturated carbocycles. The molecule has 4 heteroatoms. The highest BCUT2D eigenvalue weighted by Gasteiger charge is 2.09. The normalized spacial score (nSPS) is 9.38. The molecule has 0 spiro atoms. The van der Waals surface area contributed by atoms with E-state index in [1.807, 2.05) is 0 Å². The zero-order valence-electron chi connectivity index (χ0n) is 6.59. The number of halogens is 2. The predicted octanol–water partition coefficient (Wildman–Crippen LogP) is 2.64. The van der Waals surface area contributed by atoms with Crippen LogP contribution in [0.1, 0.15) is 0 Å². The van der Waals surface area contributed by atoms with Crippen LogP contribution < -0.4 is 4.74 Å². The van der Waals surface area contributed by atoms with Crippen molar-refractivity contribution in [3.63, 3.8) is 0 Å². The molecule has 0 aliphatic heterocycles. The van der Waals surface area contributed by atoms with Crippen LogP contribution in [-0.2, 0) is 4.79 Å². The molecule has 0 amide bonds. The molecule has 0 heterocycles. The number of carbonyl (C=O) groups excluding carboxylic acids is 1. The van der Waals surface area contributed by atoms with Crippen molar-refractivity contribution in [1.29, 1.82) is 0 Å². The Morgan fingerprint density at radius 1 is 1.46 bits per heavy atom. The topological polar surface area (TPSA) is 26.3 Å². The Morgan fingerprint density at radius 2 is 2.08 bits per heavy atom. The van der Waals surface area contributed by atoms with Gasteiger partial charge in [-0.3, -0.25) is 0 Å². The lowest BCUT2D eigenvalue weighted by Gasteiger charge is -2.02. The SMILES string of the molecule is C=C(Br)C(=O)Oc1ccccc1F. The summed E-state index contributed by atoms with van der Waals surface area (Å²) in [6.45, 7) is 3.30. The van der Waals surface area contributed by atoms with Crippen molar-refractivity contribution in [3.8, 4) is 5.75 Å². The molecule has 0 N–H and O–H groups in total. The number of hydrogen-bond acceptors (Lipinski definition) is 2. The van der Waals surface area contributed by atoms with E-state index in [-0.39, 0.29) is 10.2 Å². The summed E-state index contributed by atoms with van der Waals surface area (Å²) in [7, 11) is 0. The largest absolute Gasteiger partial charge is 0.419 e. The molecule has 0 fully saturated rings. The molecule has 0 aliphatic rings. The van der Waals surface area contributed by atoms with Gasteiger partial charge in [-0.2, -0.15) is 0 Å². The Balaban J connectivity index is 2.81. The van der Waals surface area contributed by atoms with Crippen molar-refractivity contribution in [2.75, 3.05) is 0 Å². The van der Waals surface area contributed by atoms with Crippen molar-refractivity contribution >= 4 is 21.9 Å². The fourth-order valence-electron chi connectivity index (χ4n) is 0.683. The molecule has 0 saturated heterocycles. The van der Waals surface area contributed by atoms with Gasteiger partial charge in [-0.05, 0) is 28.1 Å². The van der Waals surface area contributed by atoms with Gasteiger partial charge in [-0.15, -0.1) is 0 Å². The molecule has 0 radical (unpaired) electrons. The van der Waals surface area contributed by atoms with Gasteiger partial charge < -0.3 is 4.74 Å². The minimum Gasteiger partial charge on any atom is -0.419 e. The zero-order valence-corrected chi connectivity index (χ0v) is 8.17.